The molecule has 1 aliphatic carbocycles. The average molecular weight is 262 g/mol. The summed E-state index contributed by atoms with van der Waals surface area (Å²) in [7, 11) is 4.35. The first-order valence-corrected chi connectivity index (χ1v) is 7.22. The van der Waals surface area contributed by atoms with E-state index in [-0.39, 0.29) is 11.6 Å². The number of hydrogen-bond donors (Lipinski definition) is 2. The fourth-order valence-corrected chi connectivity index (χ4v) is 3.40. The van der Waals surface area contributed by atoms with Gasteiger partial charge in [-0.1, -0.05) is 25.3 Å². The summed E-state index contributed by atoms with van der Waals surface area (Å²) in [6, 6.07) is 6.32. The molecule has 1 heterocycles. The van der Waals surface area contributed by atoms with E-state index in [0.29, 0.717) is 0 Å². The van der Waals surface area contributed by atoms with Crippen molar-refractivity contribution >= 4 is 0 Å². The van der Waals surface area contributed by atoms with Crippen LogP contribution in [-0.2, 0) is 6.42 Å². The third-order valence-corrected chi connectivity index (χ3v) is 4.60. The van der Waals surface area contributed by atoms with E-state index in [4.69, 9.17) is 5.84 Å². The van der Waals surface area contributed by atoms with E-state index in [1.807, 2.05) is 18.3 Å². The van der Waals surface area contributed by atoms with Crippen molar-refractivity contribution < 1.29 is 0 Å². The molecular formula is C15H26N4. The lowest BCUT2D eigenvalue weighted by Crippen LogP contribution is -2.62. The smallest absolute Gasteiger partial charge is 0.0449 e. The molecule has 0 aromatic carbocycles. The Bertz CT molecular complexity index is 371. The summed E-state index contributed by atoms with van der Waals surface area (Å²) < 4.78 is 0. The molecule has 0 saturated heterocycles. The molecule has 3 N–H and O–H groups in total. The van der Waals surface area contributed by atoms with Crippen LogP contribution in [0, 0.1) is 0 Å². The molecule has 4 heteroatoms. The zero-order valence-corrected chi connectivity index (χ0v) is 12.1. The predicted octanol–water partition coefficient (Wildman–Crippen LogP) is 1.72. The van der Waals surface area contributed by atoms with E-state index in [1.54, 1.807) is 0 Å². The highest BCUT2D eigenvalue weighted by molar-refractivity contribution is 5.10. The van der Waals surface area contributed by atoms with Gasteiger partial charge in [0, 0.05) is 29.9 Å². The summed E-state index contributed by atoms with van der Waals surface area (Å²) in [6.45, 7) is 0. The zero-order chi connectivity index (χ0) is 13.7. The van der Waals surface area contributed by atoms with Gasteiger partial charge in [0.2, 0.25) is 0 Å². The Labute approximate surface area is 116 Å². The molecule has 0 radical (unpaired) electrons. The topological polar surface area (TPSA) is 54.2 Å². The highest BCUT2D eigenvalue weighted by atomic mass is 15.3. The summed E-state index contributed by atoms with van der Waals surface area (Å²) in [5.41, 5.74) is 4.33. The van der Waals surface area contributed by atoms with Gasteiger partial charge in [-0.25, -0.2) is 0 Å². The molecule has 0 bridgehead atoms. The molecule has 1 saturated carbocycles. The highest BCUT2D eigenvalue weighted by Gasteiger charge is 2.41. The minimum Gasteiger partial charge on any atom is -0.302 e. The van der Waals surface area contributed by atoms with Gasteiger partial charge in [0.1, 0.15) is 0 Å². The fraction of sp³-hybridized carbons (Fsp3) is 0.667. The molecule has 1 unspecified atom stereocenters. The number of likely N-dealkylation sites (N-methyl/N-ethyl adjacent to an activating group) is 1. The molecule has 0 spiro atoms. The number of nitrogens with zero attached hydrogens (tertiary/aromatic N) is 2. The molecule has 1 aromatic heterocycles. The van der Waals surface area contributed by atoms with Crippen LogP contribution in [0.5, 0.6) is 0 Å². The molecule has 0 aliphatic heterocycles. The standard InChI is InChI=1S/C15H26N4/c1-19(2)15(9-5-3-6-10-15)14(18-16)12-13-8-4-7-11-17-13/h4,7-8,11,14,18H,3,5-6,9-10,12,16H2,1-2H3. The Morgan fingerprint density at radius 3 is 2.58 bits per heavy atom. The number of hydrogen-bond acceptors (Lipinski definition) is 4. The number of rotatable bonds is 5. The van der Waals surface area contributed by atoms with Crippen molar-refractivity contribution in [1.29, 1.82) is 0 Å². The van der Waals surface area contributed by atoms with Crippen LogP contribution < -0.4 is 11.3 Å². The van der Waals surface area contributed by atoms with Crippen molar-refractivity contribution in [2.75, 3.05) is 14.1 Å². The summed E-state index contributed by atoms with van der Waals surface area (Å²) in [5.74, 6) is 5.87. The van der Waals surface area contributed by atoms with Gasteiger partial charge in [0.25, 0.3) is 0 Å². The second kappa shape index (κ2) is 6.46. The van der Waals surface area contributed by atoms with Gasteiger partial charge in [0.15, 0.2) is 0 Å². The largest absolute Gasteiger partial charge is 0.302 e. The maximum Gasteiger partial charge on any atom is 0.0449 e. The number of hydrazine groups is 1. The van der Waals surface area contributed by atoms with Crippen LogP contribution in [0.3, 0.4) is 0 Å². The van der Waals surface area contributed by atoms with Gasteiger partial charge in [-0.15, -0.1) is 0 Å². The second-order valence-corrected chi connectivity index (χ2v) is 5.80. The Morgan fingerprint density at radius 1 is 1.32 bits per heavy atom. The number of pyridine rings is 1. The number of nitrogens with two attached hydrogens (primary N) is 1. The first-order valence-electron chi connectivity index (χ1n) is 7.22. The summed E-state index contributed by atoms with van der Waals surface area (Å²) in [4.78, 5) is 6.80. The van der Waals surface area contributed by atoms with Gasteiger partial charge in [0.05, 0.1) is 0 Å². The van der Waals surface area contributed by atoms with Crippen molar-refractivity contribution in [3.05, 3.63) is 30.1 Å². The lowest BCUT2D eigenvalue weighted by molar-refractivity contribution is 0.0565. The van der Waals surface area contributed by atoms with Crippen LogP contribution in [-0.4, -0.2) is 35.6 Å². The first-order chi connectivity index (χ1) is 9.19. The zero-order valence-electron chi connectivity index (χ0n) is 12.1. The second-order valence-electron chi connectivity index (χ2n) is 5.80. The van der Waals surface area contributed by atoms with E-state index in [2.05, 4.69) is 35.5 Å². The fourth-order valence-electron chi connectivity index (χ4n) is 3.40. The molecule has 4 nitrogen and oxygen atoms in total. The number of nitrogens with one attached hydrogen (secondary N) is 1. The van der Waals surface area contributed by atoms with Crippen LogP contribution in [0.1, 0.15) is 37.8 Å². The van der Waals surface area contributed by atoms with Gasteiger partial charge in [-0.05, 0) is 39.1 Å². The minimum absolute atomic E-state index is 0.157. The van der Waals surface area contributed by atoms with Gasteiger partial charge in [-0.2, -0.15) is 0 Å². The normalized spacial score (nSPS) is 20.4. The third-order valence-electron chi connectivity index (χ3n) is 4.60. The molecular weight excluding hydrogens is 236 g/mol. The molecule has 19 heavy (non-hydrogen) atoms. The van der Waals surface area contributed by atoms with Crippen molar-refractivity contribution in [3.8, 4) is 0 Å². The van der Waals surface area contributed by atoms with E-state index >= 15 is 0 Å². The molecule has 1 atom stereocenters. The van der Waals surface area contributed by atoms with Crippen molar-refractivity contribution in [2.45, 2.75) is 50.1 Å². The molecule has 106 valence electrons. The first kappa shape index (κ1) is 14.4. The molecule has 1 aromatic rings. The Balaban J connectivity index is 2.17. The van der Waals surface area contributed by atoms with Crippen LogP contribution in [0.4, 0.5) is 0 Å². The molecule has 0 amide bonds. The third kappa shape index (κ3) is 3.14. The summed E-state index contributed by atoms with van der Waals surface area (Å²) in [6.07, 6.45) is 9.08. The molecule has 1 fully saturated rings. The monoisotopic (exact) mass is 262 g/mol. The van der Waals surface area contributed by atoms with E-state index in [0.717, 1.165) is 12.1 Å². The minimum atomic E-state index is 0.157. The van der Waals surface area contributed by atoms with E-state index in [1.165, 1.54) is 32.1 Å². The maximum atomic E-state index is 5.87. The molecule has 1 aliphatic rings. The summed E-state index contributed by atoms with van der Waals surface area (Å²) in [5, 5.41) is 0. The number of aromatic nitrogens is 1. The SMILES string of the molecule is CN(C)C1(C(Cc2ccccn2)NN)CCCCC1. The van der Waals surface area contributed by atoms with Crippen LogP contribution in [0.2, 0.25) is 0 Å². The van der Waals surface area contributed by atoms with Crippen molar-refractivity contribution in [3.63, 3.8) is 0 Å². The Kier molecular flexibility index (Phi) is 4.91. The quantitative estimate of drug-likeness (QED) is 0.627. The Morgan fingerprint density at radius 2 is 2.05 bits per heavy atom. The van der Waals surface area contributed by atoms with Crippen molar-refractivity contribution in [2.24, 2.45) is 5.84 Å². The lowest BCUT2D eigenvalue weighted by atomic mass is 9.74. The van der Waals surface area contributed by atoms with Gasteiger partial charge in [-0.3, -0.25) is 16.3 Å². The van der Waals surface area contributed by atoms with Crippen LogP contribution >= 0.6 is 0 Å². The van der Waals surface area contributed by atoms with Gasteiger partial charge < -0.3 is 4.90 Å². The predicted molar refractivity (Wildman–Crippen MR) is 78.6 cm³/mol. The highest BCUT2D eigenvalue weighted by Crippen LogP contribution is 2.35. The van der Waals surface area contributed by atoms with Crippen LogP contribution in [0.15, 0.2) is 24.4 Å². The average Bonchev–Trinajstić information content (AvgIpc) is 2.46. The Hall–Kier alpha value is -0.970. The maximum absolute atomic E-state index is 5.87. The van der Waals surface area contributed by atoms with E-state index in [9.17, 15) is 0 Å². The lowest BCUT2D eigenvalue weighted by Gasteiger charge is -2.48. The van der Waals surface area contributed by atoms with Crippen LogP contribution in [0.25, 0.3) is 0 Å². The molecule has 2 rings (SSSR count). The summed E-state index contributed by atoms with van der Waals surface area (Å²) >= 11 is 0. The van der Waals surface area contributed by atoms with E-state index < -0.39 is 0 Å². The van der Waals surface area contributed by atoms with Gasteiger partial charge >= 0.3 is 0 Å². The van der Waals surface area contributed by atoms with Crippen molar-refractivity contribution in [1.82, 2.24) is 15.3 Å².